The van der Waals surface area contributed by atoms with Gasteiger partial charge in [0.25, 0.3) is 0 Å². The molecule has 1 aromatic heterocycles. The Morgan fingerprint density at radius 3 is 2.45 bits per heavy atom. The van der Waals surface area contributed by atoms with Gasteiger partial charge in [-0.05, 0) is 62.1 Å². The fourth-order valence-electron chi connectivity index (χ4n) is 3.50. The van der Waals surface area contributed by atoms with Crippen molar-refractivity contribution in [1.82, 2.24) is 9.88 Å². The van der Waals surface area contributed by atoms with Crippen molar-refractivity contribution in [3.05, 3.63) is 70.4 Å². The van der Waals surface area contributed by atoms with Crippen molar-refractivity contribution in [2.45, 2.75) is 34.1 Å². The van der Waals surface area contributed by atoms with Crippen LogP contribution in [0, 0.1) is 27.7 Å². The predicted molar refractivity (Wildman–Crippen MR) is 117 cm³/mol. The quantitative estimate of drug-likeness (QED) is 0.714. The molecule has 0 aliphatic rings. The summed E-state index contributed by atoms with van der Waals surface area (Å²) in [4.78, 5) is 31.3. The number of pyridine rings is 1. The minimum Gasteiger partial charge on any atom is -0.336 e. The van der Waals surface area contributed by atoms with Gasteiger partial charge >= 0.3 is 0 Å². The minimum atomic E-state index is -0.209. The lowest BCUT2D eigenvalue weighted by Crippen LogP contribution is -2.36. The molecular formula is C24H27N3O2. The van der Waals surface area contributed by atoms with Crippen LogP contribution < -0.4 is 5.32 Å². The van der Waals surface area contributed by atoms with Gasteiger partial charge in [-0.2, -0.15) is 0 Å². The zero-order valence-electron chi connectivity index (χ0n) is 17.7. The third-order valence-corrected chi connectivity index (χ3v) is 5.50. The van der Waals surface area contributed by atoms with E-state index in [0.29, 0.717) is 0 Å². The second-order valence-electron chi connectivity index (χ2n) is 7.54. The molecule has 150 valence electrons. The summed E-state index contributed by atoms with van der Waals surface area (Å²) >= 11 is 0. The monoisotopic (exact) mass is 389 g/mol. The molecule has 0 unspecified atom stereocenters. The number of aryl methyl sites for hydroxylation is 3. The molecule has 5 heteroatoms. The fraction of sp³-hybridized carbons (Fsp3) is 0.292. The molecule has 0 atom stereocenters. The average molecular weight is 389 g/mol. The Balaban J connectivity index is 1.70. The van der Waals surface area contributed by atoms with Crippen LogP contribution in [0.1, 0.15) is 27.9 Å². The van der Waals surface area contributed by atoms with Crippen LogP contribution in [-0.4, -0.2) is 35.3 Å². The fourth-order valence-corrected chi connectivity index (χ4v) is 3.50. The van der Waals surface area contributed by atoms with E-state index in [1.807, 2.05) is 70.2 Å². The summed E-state index contributed by atoms with van der Waals surface area (Å²) in [6.07, 6.45) is 0.225. The van der Waals surface area contributed by atoms with Crippen LogP contribution in [0.15, 0.2) is 42.5 Å². The van der Waals surface area contributed by atoms with E-state index in [4.69, 9.17) is 0 Å². The Hall–Kier alpha value is -3.21. The van der Waals surface area contributed by atoms with Crippen molar-refractivity contribution in [3.63, 3.8) is 0 Å². The molecule has 0 radical (unpaired) electrons. The van der Waals surface area contributed by atoms with E-state index in [1.54, 1.807) is 7.05 Å². The highest BCUT2D eigenvalue weighted by Gasteiger charge is 2.18. The summed E-state index contributed by atoms with van der Waals surface area (Å²) in [6, 6.07) is 13.7. The highest BCUT2D eigenvalue weighted by Crippen LogP contribution is 2.23. The Morgan fingerprint density at radius 1 is 0.966 bits per heavy atom. The van der Waals surface area contributed by atoms with E-state index in [1.165, 1.54) is 4.90 Å². The van der Waals surface area contributed by atoms with Gasteiger partial charge in [-0.15, -0.1) is 0 Å². The van der Waals surface area contributed by atoms with E-state index >= 15 is 0 Å². The zero-order valence-corrected chi connectivity index (χ0v) is 17.7. The molecule has 0 saturated carbocycles. The lowest BCUT2D eigenvalue weighted by Gasteiger charge is -2.19. The molecule has 0 spiro atoms. The number of rotatable bonds is 5. The molecule has 2 amide bonds. The second-order valence-corrected chi connectivity index (χ2v) is 7.54. The first-order valence-electron chi connectivity index (χ1n) is 9.72. The molecule has 0 aliphatic heterocycles. The van der Waals surface area contributed by atoms with Gasteiger partial charge in [-0.25, -0.2) is 0 Å². The molecule has 2 aromatic carbocycles. The smallest absolute Gasteiger partial charge is 0.243 e. The molecule has 1 heterocycles. The summed E-state index contributed by atoms with van der Waals surface area (Å²) in [6.45, 7) is 7.93. The van der Waals surface area contributed by atoms with Crippen molar-refractivity contribution < 1.29 is 9.59 Å². The molecule has 3 rings (SSSR count). The Morgan fingerprint density at radius 2 is 1.69 bits per heavy atom. The molecule has 3 aromatic rings. The maximum absolute atomic E-state index is 12.8. The van der Waals surface area contributed by atoms with Crippen LogP contribution in [0.4, 0.5) is 5.69 Å². The lowest BCUT2D eigenvalue weighted by molar-refractivity contribution is -0.132. The number of nitrogens with one attached hydrogen (secondary N) is 1. The first-order valence-corrected chi connectivity index (χ1v) is 9.72. The van der Waals surface area contributed by atoms with Gasteiger partial charge in [0.2, 0.25) is 11.8 Å². The molecular weight excluding hydrogens is 362 g/mol. The summed E-state index contributed by atoms with van der Waals surface area (Å²) in [5, 5.41) is 3.95. The maximum Gasteiger partial charge on any atom is 0.243 e. The number of benzene rings is 2. The highest BCUT2D eigenvalue weighted by molar-refractivity contribution is 5.95. The number of para-hydroxylation sites is 1. The van der Waals surface area contributed by atoms with E-state index in [9.17, 15) is 9.59 Å². The summed E-state index contributed by atoms with van der Waals surface area (Å²) in [5.41, 5.74) is 6.69. The van der Waals surface area contributed by atoms with Crippen molar-refractivity contribution in [1.29, 1.82) is 0 Å². The minimum absolute atomic E-state index is 0.00528. The van der Waals surface area contributed by atoms with Gasteiger partial charge in [0.1, 0.15) is 0 Å². The standard InChI is InChI=1S/C24H27N3O2/c1-15-9-8-12-21(16(15)2)26-23(28)14-27(5)24(29)13-20-17(3)19-10-6-7-11-22(19)25-18(20)4/h6-12H,13-14H2,1-5H3,(H,26,28). The van der Waals surface area contributed by atoms with Gasteiger partial charge in [0.05, 0.1) is 18.5 Å². The highest BCUT2D eigenvalue weighted by atomic mass is 16.2. The topological polar surface area (TPSA) is 62.3 Å². The third kappa shape index (κ3) is 4.45. The molecule has 0 aliphatic carbocycles. The van der Waals surface area contributed by atoms with Crippen molar-refractivity contribution in [3.8, 4) is 0 Å². The number of likely N-dealkylation sites (N-methyl/N-ethyl adjacent to an activating group) is 1. The zero-order chi connectivity index (χ0) is 21.1. The van der Waals surface area contributed by atoms with Gasteiger partial charge in [0, 0.05) is 23.8 Å². The predicted octanol–water partition coefficient (Wildman–Crippen LogP) is 4.11. The number of carbonyl (C=O) groups excluding carboxylic acids is 2. The molecule has 5 nitrogen and oxygen atoms in total. The van der Waals surface area contributed by atoms with Gasteiger partial charge in [-0.3, -0.25) is 14.6 Å². The van der Waals surface area contributed by atoms with E-state index in [-0.39, 0.29) is 24.8 Å². The molecule has 0 bridgehead atoms. The molecule has 0 fully saturated rings. The number of hydrogen-bond acceptors (Lipinski definition) is 3. The Kier molecular flexibility index (Phi) is 5.97. The van der Waals surface area contributed by atoms with Gasteiger partial charge in [-0.1, -0.05) is 30.3 Å². The van der Waals surface area contributed by atoms with Gasteiger partial charge < -0.3 is 10.2 Å². The van der Waals surface area contributed by atoms with E-state index in [0.717, 1.165) is 44.5 Å². The lowest BCUT2D eigenvalue weighted by atomic mass is 9.99. The molecule has 1 N–H and O–H groups in total. The van der Waals surface area contributed by atoms with Crippen LogP contribution in [-0.2, 0) is 16.0 Å². The van der Waals surface area contributed by atoms with Crippen LogP contribution in [0.25, 0.3) is 10.9 Å². The normalized spacial score (nSPS) is 10.8. The maximum atomic E-state index is 12.8. The number of nitrogens with zero attached hydrogens (tertiary/aromatic N) is 2. The molecule has 0 saturated heterocycles. The Labute approximate surface area is 171 Å². The third-order valence-electron chi connectivity index (χ3n) is 5.50. The SMILES string of the molecule is Cc1cccc(NC(=O)CN(C)C(=O)Cc2c(C)nc3ccccc3c2C)c1C. The summed E-state index contributed by atoms with van der Waals surface area (Å²) in [5.74, 6) is -0.316. The van der Waals surface area contributed by atoms with E-state index < -0.39 is 0 Å². The van der Waals surface area contributed by atoms with Crippen LogP contribution >= 0.6 is 0 Å². The number of carbonyl (C=O) groups is 2. The van der Waals surface area contributed by atoms with Crippen molar-refractivity contribution in [2.24, 2.45) is 0 Å². The summed E-state index contributed by atoms with van der Waals surface area (Å²) in [7, 11) is 1.66. The number of aromatic nitrogens is 1. The van der Waals surface area contributed by atoms with Crippen molar-refractivity contribution in [2.75, 3.05) is 18.9 Å². The van der Waals surface area contributed by atoms with Gasteiger partial charge in [0.15, 0.2) is 0 Å². The van der Waals surface area contributed by atoms with Crippen LogP contribution in [0.2, 0.25) is 0 Å². The number of anilines is 1. The largest absolute Gasteiger partial charge is 0.336 e. The Bertz CT molecular complexity index is 1090. The van der Waals surface area contributed by atoms with E-state index in [2.05, 4.69) is 10.3 Å². The number of hydrogen-bond donors (Lipinski definition) is 1. The van der Waals surface area contributed by atoms with Crippen LogP contribution in [0.3, 0.4) is 0 Å². The first kappa shape index (κ1) is 20.5. The first-order chi connectivity index (χ1) is 13.8. The number of amides is 2. The number of fused-ring (bicyclic) bond motifs is 1. The average Bonchev–Trinajstić information content (AvgIpc) is 2.68. The second kappa shape index (κ2) is 8.43. The van der Waals surface area contributed by atoms with Crippen LogP contribution in [0.5, 0.6) is 0 Å². The summed E-state index contributed by atoms with van der Waals surface area (Å²) < 4.78 is 0. The molecule has 29 heavy (non-hydrogen) atoms. The van der Waals surface area contributed by atoms with Crippen molar-refractivity contribution >= 4 is 28.4 Å².